The third-order valence-electron chi connectivity index (χ3n) is 5.15. The highest BCUT2D eigenvalue weighted by Gasteiger charge is 2.29. The molecule has 0 fully saturated rings. The van der Waals surface area contributed by atoms with Gasteiger partial charge >= 0.3 is 0 Å². The number of benzene rings is 2. The zero-order chi connectivity index (χ0) is 20.4. The molecule has 150 valence electrons. The summed E-state index contributed by atoms with van der Waals surface area (Å²) >= 11 is 0. The van der Waals surface area contributed by atoms with Gasteiger partial charge in [0.1, 0.15) is 11.9 Å². The molecule has 1 aliphatic heterocycles. The van der Waals surface area contributed by atoms with Crippen molar-refractivity contribution in [3.8, 4) is 0 Å². The van der Waals surface area contributed by atoms with E-state index in [2.05, 4.69) is 21.4 Å². The van der Waals surface area contributed by atoms with Gasteiger partial charge in [0.25, 0.3) is 5.91 Å². The topological polar surface area (TPSA) is 119 Å². The standard InChI is InChI=1S/C21H22N4O4/c26-17(25-10-9-13-5-1-2-6-14(13)12-25)11-22-21(29)19(28)18(27)20-23-15-7-3-4-8-16(15)24-20/h1-8,18-19,27-28H,9-12H2,(H,22,29)(H,23,24). The molecule has 1 aromatic heterocycles. The SMILES string of the molecule is O=C(NCC(=O)N1CCc2ccccc2C1)C(O)C(O)c1nc2ccccc2[nH]1. The molecule has 2 unspecified atom stereocenters. The lowest BCUT2D eigenvalue weighted by Gasteiger charge is -2.29. The predicted octanol–water partition coefficient (Wildman–Crippen LogP) is 0.658. The Labute approximate surface area is 167 Å². The maximum absolute atomic E-state index is 12.4. The van der Waals surface area contributed by atoms with E-state index in [1.165, 1.54) is 5.56 Å². The summed E-state index contributed by atoms with van der Waals surface area (Å²) in [4.78, 5) is 33.4. The van der Waals surface area contributed by atoms with Gasteiger partial charge < -0.3 is 25.4 Å². The molecule has 0 saturated carbocycles. The largest absolute Gasteiger partial charge is 0.382 e. The zero-order valence-electron chi connectivity index (χ0n) is 15.7. The fourth-order valence-corrected chi connectivity index (χ4v) is 3.49. The molecule has 0 aliphatic carbocycles. The van der Waals surface area contributed by atoms with Gasteiger partial charge in [0.2, 0.25) is 5.91 Å². The highest BCUT2D eigenvalue weighted by Crippen LogP contribution is 2.20. The van der Waals surface area contributed by atoms with E-state index in [0.29, 0.717) is 24.1 Å². The van der Waals surface area contributed by atoms with E-state index < -0.39 is 18.1 Å². The molecule has 3 aromatic rings. The van der Waals surface area contributed by atoms with Crippen molar-refractivity contribution < 1.29 is 19.8 Å². The Morgan fingerprint density at radius 3 is 2.62 bits per heavy atom. The molecule has 8 heteroatoms. The third kappa shape index (κ3) is 3.98. The summed E-state index contributed by atoms with van der Waals surface area (Å²) in [5, 5.41) is 22.9. The van der Waals surface area contributed by atoms with Crippen LogP contribution in [0.15, 0.2) is 48.5 Å². The number of carbonyl (C=O) groups is 2. The number of carbonyl (C=O) groups excluding carboxylic acids is 2. The van der Waals surface area contributed by atoms with Crippen molar-refractivity contribution in [1.82, 2.24) is 20.2 Å². The molecular formula is C21H22N4O4. The number of para-hydroxylation sites is 2. The normalized spacial score (nSPS) is 15.6. The zero-order valence-corrected chi connectivity index (χ0v) is 15.7. The molecule has 0 radical (unpaired) electrons. The van der Waals surface area contributed by atoms with Crippen LogP contribution in [0.1, 0.15) is 23.1 Å². The Bertz CT molecular complexity index is 1010. The van der Waals surface area contributed by atoms with Crippen molar-refractivity contribution in [2.75, 3.05) is 13.1 Å². The lowest BCUT2D eigenvalue weighted by Crippen LogP contribution is -2.46. The van der Waals surface area contributed by atoms with Gasteiger partial charge in [0, 0.05) is 13.1 Å². The summed E-state index contributed by atoms with van der Waals surface area (Å²) in [7, 11) is 0. The fourth-order valence-electron chi connectivity index (χ4n) is 3.49. The maximum Gasteiger partial charge on any atom is 0.252 e. The molecule has 4 rings (SSSR count). The predicted molar refractivity (Wildman–Crippen MR) is 106 cm³/mol. The number of amides is 2. The molecule has 0 spiro atoms. The second kappa shape index (κ2) is 8.02. The minimum absolute atomic E-state index is 0.0906. The summed E-state index contributed by atoms with van der Waals surface area (Å²) in [6.45, 7) is 0.829. The van der Waals surface area contributed by atoms with E-state index in [-0.39, 0.29) is 18.3 Å². The molecule has 2 amide bonds. The van der Waals surface area contributed by atoms with Gasteiger partial charge in [-0.25, -0.2) is 4.98 Å². The van der Waals surface area contributed by atoms with Gasteiger partial charge in [0.15, 0.2) is 6.10 Å². The van der Waals surface area contributed by atoms with Crippen LogP contribution in [0.4, 0.5) is 0 Å². The Kier molecular flexibility index (Phi) is 5.28. The van der Waals surface area contributed by atoms with Gasteiger partial charge in [-0.2, -0.15) is 0 Å². The van der Waals surface area contributed by atoms with Gasteiger partial charge in [-0.05, 0) is 29.7 Å². The molecule has 29 heavy (non-hydrogen) atoms. The average Bonchev–Trinajstić information content (AvgIpc) is 3.20. The molecule has 0 bridgehead atoms. The average molecular weight is 394 g/mol. The Morgan fingerprint density at radius 1 is 1.10 bits per heavy atom. The van der Waals surface area contributed by atoms with E-state index in [0.717, 1.165) is 12.0 Å². The summed E-state index contributed by atoms with van der Waals surface area (Å²) in [5.74, 6) is -0.977. The lowest BCUT2D eigenvalue weighted by atomic mass is 10.00. The molecule has 0 saturated heterocycles. The van der Waals surface area contributed by atoms with Crippen LogP contribution in [0, 0.1) is 0 Å². The van der Waals surface area contributed by atoms with Crippen molar-refractivity contribution in [1.29, 1.82) is 0 Å². The maximum atomic E-state index is 12.4. The van der Waals surface area contributed by atoms with E-state index in [1.807, 2.05) is 24.3 Å². The Morgan fingerprint density at radius 2 is 1.83 bits per heavy atom. The quantitative estimate of drug-likeness (QED) is 0.507. The molecule has 2 aromatic carbocycles. The Hall–Kier alpha value is -3.23. The van der Waals surface area contributed by atoms with Crippen LogP contribution in [0.5, 0.6) is 0 Å². The number of rotatable bonds is 5. The number of imidazole rings is 1. The van der Waals surface area contributed by atoms with Gasteiger partial charge in [-0.3, -0.25) is 9.59 Å². The molecule has 2 heterocycles. The van der Waals surface area contributed by atoms with Crippen LogP contribution < -0.4 is 5.32 Å². The first kappa shape index (κ1) is 19.1. The van der Waals surface area contributed by atoms with Gasteiger partial charge in [-0.1, -0.05) is 36.4 Å². The van der Waals surface area contributed by atoms with Crippen LogP contribution >= 0.6 is 0 Å². The third-order valence-corrected chi connectivity index (χ3v) is 5.15. The second-order valence-corrected chi connectivity index (χ2v) is 7.08. The van der Waals surface area contributed by atoms with Crippen molar-refractivity contribution >= 4 is 22.8 Å². The number of H-pyrrole nitrogens is 1. The summed E-state index contributed by atoms with van der Waals surface area (Å²) in [5.41, 5.74) is 3.63. The van der Waals surface area contributed by atoms with Crippen LogP contribution in [0.3, 0.4) is 0 Å². The number of aliphatic hydroxyl groups excluding tert-OH is 2. The Balaban J connectivity index is 1.33. The van der Waals surface area contributed by atoms with Crippen molar-refractivity contribution in [2.24, 2.45) is 0 Å². The summed E-state index contributed by atoms with van der Waals surface area (Å²) < 4.78 is 0. The number of hydrogen-bond donors (Lipinski definition) is 4. The highest BCUT2D eigenvalue weighted by molar-refractivity contribution is 5.87. The molecule has 2 atom stereocenters. The highest BCUT2D eigenvalue weighted by atomic mass is 16.3. The van der Waals surface area contributed by atoms with Gasteiger partial charge in [0.05, 0.1) is 17.6 Å². The van der Waals surface area contributed by atoms with Gasteiger partial charge in [-0.15, -0.1) is 0 Å². The number of nitrogens with zero attached hydrogens (tertiary/aromatic N) is 2. The van der Waals surface area contributed by atoms with Crippen molar-refractivity contribution in [3.63, 3.8) is 0 Å². The second-order valence-electron chi connectivity index (χ2n) is 7.08. The van der Waals surface area contributed by atoms with Crippen LogP contribution in [0.25, 0.3) is 11.0 Å². The fraction of sp³-hybridized carbons (Fsp3) is 0.286. The van der Waals surface area contributed by atoms with Crippen LogP contribution in [-0.4, -0.2) is 56.1 Å². The van der Waals surface area contributed by atoms with E-state index in [9.17, 15) is 19.8 Å². The van der Waals surface area contributed by atoms with E-state index >= 15 is 0 Å². The van der Waals surface area contributed by atoms with E-state index in [1.54, 1.807) is 23.1 Å². The van der Waals surface area contributed by atoms with Crippen LogP contribution in [0.2, 0.25) is 0 Å². The minimum Gasteiger partial charge on any atom is -0.382 e. The summed E-state index contributed by atoms with van der Waals surface area (Å²) in [6.07, 6.45) is -2.51. The van der Waals surface area contributed by atoms with Crippen LogP contribution in [-0.2, 0) is 22.6 Å². The number of aromatic amines is 1. The van der Waals surface area contributed by atoms with Crippen molar-refractivity contribution in [2.45, 2.75) is 25.2 Å². The molecular weight excluding hydrogens is 372 g/mol. The summed E-state index contributed by atoms with van der Waals surface area (Å²) in [6, 6.07) is 15.1. The number of hydrogen-bond acceptors (Lipinski definition) is 5. The first-order chi connectivity index (χ1) is 14.0. The first-order valence-electron chi connectivity index (χ1n) is 9.46. The molecule has 8 nitrogen and oxygen atoms in total. The lowest BCUT2D eigenvalue weighted by molar-refractivity contribution is -0.139. The number of aliphatic hydroxyl groups is 2. The molecule has 1 aliphatic rings. The van der Waals surface area contributed by atoms with E-state index in [4.69, 9.17) is 0 Å². The van der Waals surface area contributed by atoms with Crippen molar-refractivity contribution in [3.05, 3.63) is 65.5 Å². The number of nitrogens with one attached hydrogen (secondary N) is 2. The monoisotopic (exact) mass is 394 g/mol. The smallest absolute Gasteiger partial charge is 0.252 e. The number of fused-ring (bicyclic) bond motifs is 2. The first-order valence-corrected chi connectivity index (χ1v) is 9.46. The number of aromatic nitrogens is 2. The minimum atomic E-state index is -1.74. The molecule has 4 N–H and O–H groups in total.